The van der Waals surface area contributed by atoms with Crippen LogP contribution in [0.15, 0.2) is 36.8 Å². The predicted octanol–water partition coefficient (Wildman–Crippen LogP) is 0.998. The molecule has 1 aromatic heterocycles. The molecule has 0 aliphatic heterocycles. The molecule has 6 nitrogen and oxygen atoms in total. The van der Waals surface area contributed by atoms with Crippen molar-refractivity contribution >= 4 is 0 Å². The van der Waals surface area contributed by atoms with Crippen molar-refractivity contribution in [3.05, 3.63) is 48.0 Å². The Labute approximate surface area is 118 Å². The minimum absolute atomic E-state index is 0.213. The third-order valence-electron chi connectivity index (χ3n) is 2.96. The lowest BCUT2D eigenvalue weighted by atomic mass is 10.0. The van der Waals surface area contributed by atoms with Crippen molar-refractivity contribution in [2.75, 3.05) is 20.3 Å². The molecule has 0 saturated carbocycles. The number of aromatic nitrogens is 2. The summed E-state index contributed by atoms with van der Waals surface area (Å²) >= 11 is 0. The minimum atomic E-state index is -0.213. The van der Waals surface area contributed by atoms with E-state index in [4.69, 9.17) is 15.3 Å². The molecule has 2 aromatic rings. The highest BCUT2D eigenvalue weighted by Crippen LogP contribution is 2.28. The van der Waals surface area contributed by atoms with Gasteiger partial charge in [0.05, 0.1) is 24.7 Å². The Hall–Kier alpha value is -1.89. The molecular weight excluding hydrogens is 256 g/mol. The second-order valence-corrected chi connectivity index (χ2v) is 4.44. The summed E-state index contributed by atoms with van der Waals surface area (Å²) in [6.07, 6.45) is 3.67. The van der Waals surface area contributed by atoms with Crippen LogP contribution in [0, 0.1) is 0 Å². The topological polar surface area (TPSA) is 74.3 Å². The van der Waals surface area contributed by atoms with Gasteiger partial charge in [0, 0.05) is 25.9 Å². The zero-order chi connectivity index (χ0) is 14.4. The summed E-state index contributed by atoms with van der Waals surface area (Å²) in [5.74, 6) is 6.47. The van der Waals surface area contributed by atoms with Crippen LogP contribution in [0.5, 0.6) is 5.75 Å². The lowest BCUT2D eigenvalue weighted by Crippen LogP contribution is -2.29. The van der Waals surface area contributed by atoms with Gasteiger partial charge in [-0.25, -0.2) is 10.4 Å². The summed E-state index contributed by atoms with van der Waals surface area (Å²) < 4.78 is 12.6. The first kappa shape index (κ1) is 14.5. The van der Waals surface area contributed by atoms with E-state index in [0.717, 1.165) is 17.0 Å². The van der Waals surface area contributed by atoms with Gasteiger partial charge in [-0.3, -0.25) is 5.84 Å². The molecule has 20 heavy (non-hydrogen) atoms. The van der Waals surface area contributed by atoms with E-state index in [-0.39, 0.29) is 6.04 Å². The molecule has 108 valence electrons. The number of aryl methyl sites for hydroxylation is 1. The van der Waals surface area contributed by atoms with Crippen LogP contribution < -0.4 is 16.0 Å². The van der Waals surface area contributed by atoms with E-state index in [1.165, 1.54) is 0 Å². The number of ether oxygens (including phenoxy) is 2. The van der Waals surface area contributed by atoms with Crippen LogP contribution in [-0.4, -0.2) is 29.9 Å². The summed E-state index contributed by atoms with van der Waals surface area (Å²) in [4.78, 5) is 4.34. The van der Waals surface area contributed by atoms with Crippen LogP contribution in [0.25, 0.3) is 0 Å². The average Bonchev–Trinajstić information content (AvgIpc) is 2.88. The summed E-state index contributed by atoms with van der Waals surface area (Å²) in [6, 6.07) is 7.55. The number of rotatable bonds is 7. The standard InChI is InChI=1S/C14H20N4O2/c1-18-9-12(16-10-18)14(17-15)11-5-3-4-6-13(11)20-8-7-19-2/h3-6,9-10,14,17H,7-8,15H2,1-2H3. The number of nitrogens with zero attached hydrogens (tertiary/aromatic N) is 2. The number of methoxy groups -OCH3 is 1. The summed E-state index contributed by atoms with van der Waals surface area (Å²) in [5, 5.41) is 0. The average molecular weight is 276 g/mol. The van der Waals surface area contributed by atoms with Gasteiger partial charge in [0.25, 0.3) is 0 Å². The fourth-order valence-electron chi connectivity index (χ4n) is 2.00. The van der Waals surface area contributed by atoms with Crippen LogP contribution in [0.4, 0.5) is 0 Å². The molecule has 0 spiro atoms. The van der Waals surface area contributed by atoms with Crippen LogP contribution in [0.2, 0.25) is 0 Å². The van der Waals surface area contributed by atoms with Crippen LogP contribution in [0.1, 0.15) is 17.3 Å². The highest BCUT2D eigenvalue weighted by Gasteiger charge is 2.18. The number of para-hydroxylation sites is 1. The Morgan fingerprint density at radius 3 is 2.80 bits per heavy atom. The molecule has 0 aliphatic rings. The SMILES string of the molecule is COCCOc1ccccc1C(NN)c1cn(C)cn1. The zero-order valence-electron chi connectivity index (χ0n) is 11.7. The number of hydrogen-bond donors (Lipinski definition) is 2. The number of benzene rings is 1. The number of hydrazine groups is 1. The highest BCUT2D eigenvalue weighted by molar-refractivity contribution is 5.39. The van der Waals surface area contributed by atoms with E-state index in [9.17, 15) is 0 Å². The first-order valence-corrected chi connectivity index (χ1v) is 6.41. The molecule has 1 aromatic carbocycles. The molecular formula is C14H20N4O2. The van der Waals surface area contributed by atoms with Gasteiger partial charge in [0.1, 0.15) is 12.4 Å². The maximum absolute atomic E-state index is 5.73. The van der Waals surface area contributed by atoms with Crippen molar-refractivity contribution in [1.82, 2.24) is 15.0 Å². The second-order valence-electron chi connectivity index (χ2n) is 4.44. The van der Waals surface area contributed by atoms with Crippen molar-refractivity contribution in [3.63, 3.8) is 0 Å². The molecule has 0 bridgehead atoms. The Balaban J connectivity index is 2.25. The molecule has 6 heteroatoms. The third kappa shape index (κ3) is 3.36. The van der Waals surface area contributed by atoms with E-state index >= 15 is 0 Å². The van der Waals surface area contributed by atoms with Gasteiger partial charge >= 0.3 is 0 Å². The Bertz CT molecular complexity index is 541. The highest BCUT2D eigenvalue weighted by atomic mass is 16.5. The van der Waals surface area contributed by atoms with Crippen LogP contribution >= 0.6 is 0 Å². The second kappa shape index (κ2) is 7.04. The summed E-state index contributed by atoms with van der Waals surface area (Å²) in [5.41, 5.74) is 4.59. The smallest absolute Gasteiger partial charge is 0.124 e. The molecule has 1 heterocycles. The van der Waals surface area contributed by atoms with E-state index in [2.05, 4.69) is 10.4 Å². The lowest BCUT2D eigenvalue weighted by Gasteiger charge is -2.18. The monoisotopic (exact) mass is 276 g/mol. The first-order chi connectivity index (χ1) is 9.76. The number of hydrogen-bond acceptors (Lipinski definition) is 5. The molecule has 0 radical (unpaired) electrons. The quantitative estimate of drug-likeness (QED) is 0.448. The summed E-state index contributed by atoms with van der Waals surface area (Å²) in [6.45, 7) is 1.03. The Kier molecular flexibility index (Phi) is 5.11. The maximum atomic E-state index is 5.73. The van der Waals surface area contributed by atoms with Crippen LogP contribution in [0.3, 0.4) is 0 Å². The van der Waals surface area contributed by atoms with Crippen molar-refractivity contribution in [3.8, 4) is 5.75 Å². The number of nitrogens with two attached hydrogens (primary N) is 1. The van der Waals surface area contributed by atoms with E-state index < -0.39 is 0 Å². The third-order valence-corrected chi connectivity index (χ3v) is 2.96. The predicted molar refractivity (Wildman–Crippen MR) is 76.2 cm³/mol. The van der Waals surface area contributed by atoms with Crippen molar-refractivity contribution < 1.29 is 9.47 Å². The number of imidazole rings is 1. The minimum Gasteiger partial charge on any atom is -0.491 e. The molecule has 1 unspecified atom stereocenters. The Morgan fingerprint density at radius 1 is 1.35 bits per heavy atom. The fourth-order valence-corrected chi connectivity index (χ4v) is 2.00. The van der Waals surface area contributed by atoms with Crippen molar-refractivity contribution in [2.24, 2.45) is 12.9 Å². The molecule has 1 atom stereocenters. The largest absolute Gasteiger partial charge is 0.491 e. The maximum Gasteiger partial charge on any atom is 0.124 e. The molecule has 0 amide bonds. The van der Waals surface area contributed by atoms with E-state index in [1.807, 2.05) is 42.1 Å². The molecule has 0 fully saturated rings. The van der Waals surface area contributed by atoms with Gasteiger partial charge in [-0.1, -0.05) is 18.2 Å². The van der Waals surface area contributed by atoms with Crippen molar-refractivity contribution in [1.29, 1.82) is 0 Å². The summed E-state index contributed by atoms with van der Waals surface area (Å²) in [7, 11) is 3.57. The van der Waals surface area contributed by atoms with Gasteiger partial charge < -0.3 is 14.0 Å². The van der Waals surface area contributed by atoms with Crippen molar-refractivity contribution in [2.45, 2.75) is 6.04 Å². The Morgan fingerprint density at radius 2 is 2.15 bits per heavy atom. The fraction of sp³-hybridized carbons (Fsp3) is 0.357. The van der Waals surface area contributed by atoms with Gasteiger partial charge in [0.2, 0.25) is 0 Å². The molecule has 2 rings (SSSR count). The first-order valence-electron chi connectivity index (χ1n) is 6.41. The van der Waals surface area contributed by atoms with Gasteiger partial charge in [-0.2, -0.15) is 0 Å². The number of nitrogens with one attached hydrogen (secondary N) is 1. The normalized spacial score (nSPS) is 12.3. The van der Waals surface area contributed by atoms with Crippen LogP contribution in [-0.2, 0) is 11.8 Å². The zero-order valence-corrected chi connectivity index (χ0v) is 11.7. The van der Waals surface area contributed by atoms with Gasteiger partial charge in [0.15, 0.2) is 0 Å². The molecule has 0 aliphatic carbocycles. The molecule has 3 N–H and O–H groups in total. The van der Waals surface area contributed by atoms with E-state index in [1.54, 1.807) is 13.4 Å². The van der Waals surface area contributed by atoms with Gasteiger partial charge in [-0.05, 0) is 6.07 Å². The molecule has 0 saturated heterocycles. The van der Waals surface area contributed by atoms with Gasteiger partial charge in [-0.15, -0.1) is 0 Å². The van der Waals surface area contributed by atoms with E-state index in [0.29, 0.717) is 13.2 Å². The lowest BCUT2D eigenvalue weighted by molar-refractivity contribution is 0.145.